The Balaban J connectivity index is 1.43. The van der Waals surface area contributed by atoms with E-state index in [4.69, 9.17) is 4.74 Å². The molecule has 1 saturated heterocycles. The summed E-state index contributed by atoms with van der Waals surface area (Å²) in [4.78, 5) is 18.6. The van der Waals surface area contributed by atoms with Crippen LogP contribution in [0.2, 0.25) is 0 Å². The third-order valence-electron chi connectivity index (χ3n) is 4.82. The van der Waals surface area contributed by atoms with Crippen LogP contribution < -0.4 is 10.6 Å². The van der Waals surface area contributed by atoms with Crippen molar-refractivity contribution in [2.75, 3.05) is 26.7 Å². The van der Waals surface area contributed by atoms with Gasteiger partial charge in [-0.3, -0.25) is 4.99 Å². The Kier molecular flexibility index (Phi) is 6.97. The van der Waals surface area contributed by atoms with Crippen LogP contribution >= 0.6 is 0 Å². The normalized spacial score (nSPS) is 17.1. The van der Waals surface area contributed by atoms with Crippen LogP contribution in [0.15, 0.2) is 47.7 Å². The zero-order valence-corrected chi connectivity index (χ0v) is 18.3. The topological polar surface area (TPSA) is 83.8 Å². The van der Waals surface area contributed by atoms with E-state index < -0.39 is 5.60 Å². The van der Waals surface area contributed by atoms with Gasteiger partial charge < -0.3 is 20.3 Å². The Morgan fingerprint density at radius 1 is 1.30 bits per heavy atom. The lowest BCUT2D eigenvalue weighted by Crippen LogP contribution is -2.44. The maximum Gasteiger partial charge on any atom is 0.407 e. The zero-order chi connectivity index (χ0) is 21.6. The summed E-state index contributed by atoms with van der Waals surface area (Å²) in [6.45, 7) is 7.95. The maximum absolute atomic E-state index is 12.0. The van der Waals surface area contributed by atoms with Crippen molar-refractivity contribution >= 4 is 12.1 Å². The third kappa shape index (κ3) is 6.23. The summed E-state index contributed by atoms with van der Waals surface area (Å²) in [7, 11) is 1.79. The van der Waals surface area contributed by atoms with Crippen molar-refractivity contribution < 1.29 is 9.53 Å². The number of hydrogen-bond donors (Lipinski definition) is 2. The lowest BCUT2D eigenvalue weighted by Gasteiger charge is -2.23. The van der Waals surface area contributed by atoms with E-state index >= 15 is 0 Å². The number of aliphatic imine (C=N–C) groups is 1. The van der Waals surface area contributed by atoms with Gasteiger partial charge in [0.15, 0.2) is 5.96 Å². The lowest BCUT2D eigenvalue weighted by molar-refractivity contribution is 0.0507. The third-order valence-corrected chi connectivity index (χ3v) is 4.82. The van der Waals surface area contributed by atoms with Gasteiger partial charge in [-0.05, 0) is 57.4 Å². The smallest absolute Gasteiger partial charge is 0.407 e. The fourth-order valence-electron chi connectivity index (χ4n) is 3.43. The molecule has 1 aliphatic rings. The second kappa shape index (κ2) is 9.65. The summed E-state index contributed by atoms with van der Waals surface area (Å²) >= 11 is 0. The molecule has 2 aromatic rings. The Morgan fingerprint density at radius 3 is 2.70 bits per heavy atom. The molecule has 8 nitrogen and oxygen atoms in total. The summed E-state index contributed by atoms with van der Waals surface area (Å²) in [5, 5.41) is 10.6. The van der Waals surface area contributed by atoms with Crippen molar-refractivity contribution in [2.45, 2.75) is 45.3 Å². The molecule has 3 rings (SSSR count). The van der Waals surface area contributed by atoms with E-state index in [0.29, 0.717) is 0 Å². The molecule has 8 heteroatoms. The predicted molar refractivity (Wildman–Crippen MR) is 118 cm³/mol. The van der Waals surface area contributed by atoms with Gasteiger partial charge in [0.05, 0.1) is 11.7 Å². The van der Waals surface area contributed by atoms with Gasteiger partial charge in [0.25, 0.3) is 0 Å². The number of nitrogens with zero attached hydrogens (tertiary/aromatic N) is 4. The van der Waals surface area contributed by atoms with Crippen LogP contribution in [0.1, 0.15) is 32.8 Å². The van der Waals surface area contributed by atoms with Crippen LogP contribution in [-0.2, 0) is 11.2 Å². The van der Waals surface area contributed by atoms with Crippen molar-refractivity contribution in [2.24, 2.45) is 4.99 Å². The van der Waals surface area contributed by atoms with Crippen molar-refractivity contribution in [1.29, 1.82) is 0 Å². The summed E-state index contributed by atoms with van der Waals surface area (Å²) < 4.78 is 7.19. The predicted octanol–water partition coefficient (Wildman–Crippen LogP) is 2.59. The second-order valence-electron chi connectivity index (χ2n) is 8.42. The van der Waals surface area contributed by atoms with Crippen molar-refractivity contribution in [1.82, 2.24) is 25.3 Å². The minimum Gasteiger partial charge on any atom is -0.444 e. The molecule has 30 heavy (non-hydrogen) atoms. The molecule has 0 spiro atoms. The Labute approximate surface area is 178 Å². The average Bonchev–Trinajstić information content (AvgIpc) is 3.36. The number of carbonyl (C=O) groups excluding carboxylic acids is 1. The first kappa shape index (κ1) is 21.7. The largest absolute Gasteiger partial charge is 0.444 e. The number of likely N-dealkylation sites (tertiary alicyclic amines) is 1. The van der Waals surface area contributed by atoms with Gasteiger partial charge >= 0.3 is 6.09 Å². The standard InChI is InChI=1S/C22H32N6O2/c1-22(2,3)30-21(29)26-18-11-15-27(16-18)20(23-4)24-13-10-17-6-8-19(9-7-17)28-14-5-12-25-28/h5-9,12,14,18H,10-11,13,15-16H2,1-4H3,(H,23,24)(H,26,29)/t18-/m1/s1. The molecule has 0 aliphatic carbocycles. The number of amides is 1. The van der Waals surface area contributed by atoms with E-state index in [1.165, 1.54) is 5.56 Å². The van der Waals surface area contributed by atoms with Gasteiger partial charge in [-0.1, -0.05) is 12.1 Å². The van der Waals surface area contributed by atoms with Gasteiger partial charge in [-0.25, -0.2) is 9.48 Å². The summed E-state index contributed by atoms with van der Waals surface area (Å²) in [6, 6.07) is 10.4. The van der Waals surface area contributed by atoms with Gasteiger partial charge in [-0.15, -0.1) is 0 Å². The number of aromatic nitrogens is 2. The molecule has 1 aromatic heterocycles. The highest BCUT2D eigenvalue weighted by Gasteiger charge is 2.27. The van der Waals surface area contributed by atoms with Crippen LogP contribution in [0.4, 0.5) is 4.79 Å². The van der Waals surface area contributed by atoms with Gasteiger partial charge in [0, 0.05) is 39.1 Å². The summed E-state index contributed by atoms with van der Waals surface area (Å²) in [5.41, 5.74) is 1.81. The minimum atomic E-state index is -0.490. The molecule has 2 heterocycles. The first-order chi connectivity index (χ1) is 14.3. The fraction of sp³-hybridized carbons (Fsp3) is 0.500. The maximum atomic E-state index is 12.0. The molecule has 0 unspecified atom stereocenters. The van der Waals surface area contributed by atoms with Crippen LogP contribution in [0, 0.1) is 0 Å². The molecular weight excluding hydrogens is 380 g/mol. The monoisotopic (exact) mass is 412 g/mol. The Bertz CT molecular complexity index is 840. The zero-order valence-electron chi connectivity index (χ0n) is 18.3. The van der Waals surface area contributed by atoms with Crippen molar-refractivity contribution in [3.8, 4) is 5.69 Å². The van der Waals surface area contributed by atoms with Crippen molar-refractivity contribution in [3.05, 3.63) is 48.3 Å². The first-order valence-electron chi connectivity index (χ1n) is 10.4. The number of benzene rings is 1. The summed E-state index contributed by atoms with van der Waals surface area (Å²) in [6.07, 6.45) is 5.10. The minimum absolute atomic E-state index is 0.0632. The fourth-order valence-corrected chi connectivity index (χ4v) is 3.43. The molecular formula is C22H32N6O2. The van der Waals surface area contributed by atoms with Gasteiger partial charge in [-0.2, -0.15) is 5.10 Å². The molecule has 1 fully saturated rings. The van der Waals surface area contributed by atoms with Gasteiger partial charge in [0.1, 0.15) is 5.60 Å². The Hall–Kier alpha value is -3.03. The van der Waals surface area contributed by atoms with Crippen molar-refractivity contribution in [3.63, 3.8) is 0 Å². The number of carbonyl (C=O) groups is 1. The number of alkyl carbamates (subject to hydrolysis) is 1. The average molecular weight is 413 g/mol. The van der Waals surface area contributed by atoms with E-state index in [1.54, 1.807) is 13.2 Å². The number of rotatable bonds is 5. The molecule has 1 aliphatic heterocycles. The van der Waals surface area contributed by atoms with E-state index in [1.807, 2.05) is 37.7 Å². The van der Waals surface area contributed by atoms with Crippen LogP contribution in [0.5, 0.6) is 0 Å². The van der Waals surface area contributed by atoms with E-state index in [0.717, 1.165) is 44.1 Å². The summed E-state index contributed by atoms with van der Waals surface area (Å²) in [5.74, 6) is 0.858. The van der Waals surface area contributed by atoms with E-state index in [-0.39, 0.29) is 12.1 Å². The van der Waals surface area contributed by atoms with Gasteiger partial charge in [0.2, 0.25) is 0 Å². The number of nitrogens with one attached hydrogen (secondary N) is 2. The number of hydrogen-bond acceptors (Lipinski definition) is 4. The highest BCUT2D eigenvalue weighted by Crippen LogP contribution is 2.12. The highest BCUT2D eigenvalue weighted by molar-refractivity contribution is 5.80. The molecule has 162 valence electrons. The van der Waals surface area contributed by atoms with E-state index in [2.05, 4.69) is 49.9 Å². The molecule has 0 saturated carbocycles. The molecule has 2 N–H and O–H groups in total. The number of guanidine groups is 1. The molecule has 1 aromatic carbocycles. The Morgan fingerprint density at radius 2 is 2.07 bits per heavy atom. The molecule has 1 amide bonds. The molecule has 0 bridgehead atoms. The van der Waals surface area contributed by atoms with E-state index in [9.17, 15) is 4.79 Å². The van der Waals surface area contributed by atoms with Crippen LogP contribution in [0.25, 0.3) is 5.69 Å². The SMILES string of the molecule is CN=C(NCCc1ccc(-n2cccn2)cc1)N1CC[C@@H](NC(=O)OC(C)(C)C)C1. The molecule has 0 radical (unpaired) electrons. The number of ether oxygens (including phenoxy) is 1. The highest BCUT2D eigenvalue weighted by atomic mass is 16.6. The quantitative estimate of drug-likeness (QED) is 0.583. The first-order valence-corrected chi connectivity index (χ1v) is 10.4. The van der Waals surface area contributed by atoms with Crippen LogP contribution in [0.3, 0.4) is 0 Å². The molecule has 1 atom stereocenters. The van der Waals surface area contributed by atoms with Crippen LogP contribution in [-0.4, -0.2) is 65.1 Å². The lowest BCUT2D eigenvalue weighted by atomic mass is 10.1. The second-order valence-corrected chi connectivity index (χ2v) is 8.42.